The van der Waals surface area contributed by atoms with Gasteiger partial charge in [0.05, 0.1) is 11.6 Å². The van der Waals surface area contributed by atoms with E-state index in [0.29, 0.717) is 38.3 Å². The molecule has 2 amide bonds. The molecule has 0 saturated carbocycles. The van der Waals surface area contributed by atoms with Gasteiger partial charge >= 0.3 is 0 Å². The van der Waals surface area contributed by atoms with Gasteiger partial charge in [-0.15, -0.1) is 0 Å². The molecule has 1 unspecified atom stereocenters. The average Bonchev–Trinajstić information content (AvgIpc) is 3.06. The van der Waals surface area contributed by atoms with E-state index < -0.39 is 0 Å². The molecule has 1 N–H and O–H groups in total. The van der Waals surface area contributed by atoms with E-state index in [2.05, 4.69) is 25.3 Å². The molecule has 2 fully saturated rings. The highest BCUT2D eigenvalue weighted by molar-refractivity contribution is 5.84. The van der Waals surface area contributed by atoms with E-state index in [-0.39, 0.29) is 17.7 Å². The van der Waals surface area contributed by atoms with E-state index in [1.165, 1.54) is 0 Å². The summed E-state index contributed by atoms with van der Waals surface area (Å²) in [4.78, 5) is 37.3. The third-order valence-electron chi connectivity index (χ3n) is 5.57. The zero-order chi connectivity index (χ0) is 20.5. The summed E-state index contributed by atoms with van der Waals surface area (Å²) in [6.07, 6.45) is 1.08. The molecule has 0 aromatic carbocycles. The van der Waals surface area contributed by atoms with Crippen molar-refractivity contribution in [3.05, 3.63) is 29.3 Å². The molecule has 9 nitrogen and oxygen atoms in total. The van der Waals surface area contributed by atoms with Crippen molar-refractivity contribution in [1.29, 1.82) is 0 Å². The SMILES string of the molecule is Cc1cc(C)n(-c2cc(N3CCN(C(=O)C4CCC(=O)NC4)CC3)nc(C)n2)n1. The van der Waals surface area contributed by atoms with Crippen LogP contribution in [0.25, 0.3) is 5.82 Å². The third kappa shape index (κ3) is 4.08. The number of nitrogens with one attached hydrogen (secondary N) is 1. The van der Waals surface area contributed by atoms with Crippen LogP contribution < -0.4 is 10.2 Å². The number of nitrogens with zero attached hydrogens (tertiary/aromatic N) is 6. The third-order valence-corrected chi connectivity index (χ3v) is 5.57. The molecule has 0 aliphatic carbocycles. The van der Waals surface area contributed by atoms with Crippen LogP contribution in [0.1, 0.15) is 30.1 Å². The molecule has 9 heteroatoms. The minimum absolute atomic E-state index is 0.0383. The summed E-state index contributed by atoms with van der Waals surface area (Å²) in [5.41, 5.74) is 1.98. The van der Waals surface area contributed by atoms with Crippen molar-refractivity contribution in [3.8, 4) is 5.82 Å². The lowest BCUT2D eigenvalue weighted by Gasteiger charge is -2.37. The van der Waals surface area contributed by atoms with Crippen LogP contribution in [0.3, 0.4) is 0 Å². The minimum atomic E-state index is -0.0989. The number of carbonyl (C=O) groups is 2. The van der Waals surface area contributed by atoms with Crippen LogP contribution in [0.2, 0.25) is 0 Å². The second kappa shape index (κ2) is 7.81. The molecule has 4 rings (SSSR count). The molecule has 1 atom stereocenters. The van der Waals surface area contributed by atoms with E-state index >= 15 is 0 Å². The Morgan fingerprint density at radius 2 is 1.79 bits per heavy atom. The Labute approximate surface area is 170 Å². The predicted octanol–water partition coefficient (Wildman–Crippen LogP) is 0.762. The highest BCUT2D eigenvalue weighted by Gasteiger charge is 2.30. The van der Waals surface area contributed by atoms with Gasteiger partial charge in [-0.25, -0.2) is 14.6 Å². The van der Waals surface area contributed by atoms with Crippen molar-refractivity contribution >= 4 is 17.6 Å². The first kappa shape index (κ1) is 19.4. The highest BCUT2D eigenvalue weighted by Crippen LogP contribution is 2.20. The van der Waals surface area contributed by atoms with Gasteiger partial charge in [-0.05, 0) is 33.3 Å². The van der Waals surface area contributed by atoms with E-state index in [4.69, 9.17) is 0 Å². The summed E-state index contributed by atoms with van der Waals surface area (Å²) in [6.45, 7) is 9.06. The van der Waals surface area contributed by atoms with Gasteiger partial charge < -0.3 is 15.1 Å². The fourth-order valence-electron chi connectivity index (χ4n) is 4.03. The Kier molecular flexibility index (Phi) is 5.21. The first-order chi connectivity index (χ1) is 13.9. The number of hydrogen-bond donors (Lipinski definition) is 1. The van der Waals surface area contributed by atoms with Crippen molar-refractivity contribution in [3.63, 3.8) is 0 Å². The second-order valence-corrected chi connectivity index (χ2v) is 7.82. The molecule has 2 aromatic rings. The molecule has 29 heavy (non-hydrogen) atoms. The zero-order valence-electron chi connectivity index (χ0n) is 17.2. The summed E-state index contributed by atoms with van der Waals surface area (Å²) in [5, 5.41) is 7.32. The number of aromatic nitrogens is 4. The number of aryl methyl sites for hydroxylation is 3. The number of anilines is 1. The number of piperazine rings is 1. The van der Waals surface area contributed by atoms with Crippen molar-refractivity contribution in [2.24, 2.45) is 5.92 Å². The first-order valence-electron chi connectivity index (χ1n) is 10.1. The largest absolute Gasteiger partial charge is 0.355 e. The van der Waals surface area contributed by atoms with Crippen LogP contribution in [0.4, 0.5) is 5.82 Å². The molecule has 154 valence electrons. The molecule has 0 radical (unpaired) electrons. The summed E-state index contributed by atoms with van der Waals surface area (Å²) in [6, 6.07) is 3.98. The normalized spacial score (nSPS) is 20.0. The predicted molar refractivity (Wildman–Crippen MR) is 108 cm³/mol. The van der Waals surface area contributed by atoms with Crippen LogP contribution >= 0.6 is 0 Å². The molecule has 0 spiro atoms. The van der Waals surface area contributed by atoms with Gasteiger partial charge in [0, 0.05) is 50.9 Å². The number of amides is 2. The van der Waals surface area contributed by atoms with Crippen molar-refractivity contribution in [2.75, 3.05) is 37.6 Å². The molecular formula is C20H27N7O2. The van der Waals surface area contributed by atoms with Gasteiger partial charge in [-0.1, -0.05) is 0 Å². The van der Waals surface area contributed by atoms with E-state index in [9.17, 15) is 9.59 Å². The first-order valence-corrected chi connectivity index (χ1v) is 10.1. The minimum Gasteiger partial charge on any atom is -0.355 e. The summed E-state index contributed by atoms with van der Waals surface area (Å²) in [5.74, 6) is 2.40. The second-order valence-electron chi connectivity index (χ2n) is 7.82. The summed E-state index contributed by atoms with van der Waals surface area (Å²) >= 11 is 0. The maximum Gasteiger partial charge on any atom is 0.227 e. The number of piperidine rings is 1. The van der Waals surface area contributed by atoms with Gasteiger partial charge in [-0.2, -0.15) is 5.10 Å². The lowest BCUT2D eigenvalue weighted by Crippen LogP contribution is -2.52. The molecule has 0 bridgehead atoms. The van der Waals surface area contributed by atoms with E-state index in [1.54, 1.807) is 0 Å². The van der Waals surface area contributed by atoms with E-state index in [1.807, 2.05) is 42.5 Å². The van der Waals surface area contributed by atoms with Crippen LogP contribution in [0, 0.1) is 26.7 Å². The van der Waals surface area contributed by atoms with Crippen LogP contribution in [0.5, 0.6) is 0 Å². The highest BCUT2D eigenvalue weighted by atomic mass is 16.2. The van der Waals surface area contributed by atoms with Crippen molar-refractivity contribution in [1.82, 2.24) is 30.0 Å². The Morgan fingerprint density at radius 1 is 1.07 bits per heavy atom. The molecule has 2 aliphatic rings. The van der Waals surface area contributed by atoms with E-state index in [0.717, 1.165) is 36.1 Å². The van der Waals surface area contributed by atoms with Crippen molar-refractivity contribution < 1.29 is 9.59 Å². The van der Waals surface area contributed by atoms with Crippen molar-refractivity contribution in [2.45, 2.75) is 33.6 Å². The van der Waals surface area contributed by atoms with Gasteiger partial charge in [0.1, 0.15) is 11.6 Å². The lowest BCUT2D eigenvalue weighted by atomic mass is 9.97. The fourth-order valence-corrected chi connectivity index (χ4v) is 4.03. The smallest absolute Gasteiger partial charge is 0.227 e. The molecule has 2 aliphatic heterocycles. The van der Waals surface area contributed by atoms with Gasteiger partial charge in [0.25, 0.3) is 0 Å². The van der Waals surface area contributed by atoms with Crippen LogP contribution in [0.15, 0.2) is 12.1 Å². The number of rotatable bonds is 3. The Bertz CT molecular complexity index is 921. The Balaban J connectivity index is 1.44. The zero-order valence-corrected chi connectivity index (χ0v) is 17.2. The number of carbonyl (C=O) groups excluding carboxylic acids is 2. The maximum atomic E-state index is 12.8. The fraction of sp³-hybridized carbons (Fsp3) is 0.550. The average molecular weight is 397 g/mol. The van der Waals surface area contributed by atoms with Crippen LogP contribution in [-0.2, 0) is 9.59 Å². The lowest BCUT2D eigenvalue weighted by molar-refractivity contribution is -0.137. The molecule has 4 heterocycles. The van der Waals surface area contributed by atoms with Gasteiger partial charge in [-0.3, -0.25) is 9.59 Å². The van der Waals surface area contributed by atoms with Gasteiger partial charge in [0.2, 0.25) is 11.8 Å². The monoisotopic (exact) mass is 397 g/mol. The maximum absolute atomic E-state index is 12.8. The summed E-state index contributed by atoms with van der Waals surface area (Å²) < 4.78 is 1.84. The molecule has 2 aromatic heterocycles. The standard InChI is InChI=1S/C20H27N7O2/c1-13-10-14(2)27(24-13)18-11-17(22-15(3)23-18)25-6-8-26(9-7-25)20(29)16-4-5-19(28)21-12-16/h10-11,16H,4-9,12H2,1-3H3,(H,21,28). The van der Waals surface area contributed by atoms with Gasteiger partial charge in [0.15, 0.2) is 5.82 Å². The molecular weight excluding hydrogens is 370 g/mol. The van der Waals surface area contributed by atoms with Crippen LogP contribution in [-0.4, -0.2) is 69.2 Å². The Hall–Kier alpha value is -2.97. The number of hydrogen-bond acceptors (Lipinski definition) is 6. The quantitative estimate of drug-likeness (QED) is 0.822. The molecule has 2 saturated heterocycles. The topological polar surface area (TPSA) is 96.2 Å². The summed E-state index contributed by atoms with van der Waals surface area (Å²) in [7, 11) is 0. The Morgan fingerprint density at radius 3 is 2.41 bits per heavy atom.